The van der Waals surface area contributed by atoms with E-state index in [0.717, 1.165) is 27.5 Å². The number of hydrazone groups is 1. The lowest BCUT2D eigenvalue weighted by Crippen LogP contribution is -2.39. The van der Waals surface area contributed by atoms with E-state index < -0.39 is 6.61 Å². The third-order valence-electron chi connectivity index (χ3n) is 7.72. The molecule has 14 heteroatoms. The van der Waals surface area contributed by atoms with E-state index in [1.807, 2.05) is 30.4 Å². The molecule has 13 nitrogen and oxygen atoms in total. The van der Waals surface area contributed by atoms with Gasteiger partial charge < -0.3 is 21.1 Å². The Morgan fingerprint density at radius 3 is 2.69 bits per heavy atom. The zero-order valence-corrected chi connectivity index (χ0v) is 24.8. The molecule has 1 aliphatic heterocycles. The lowest BCUT2D eigenvalue weighted by molar-refractivity contribution is -0.135. The average Bonchev–Trinajstić information content (AvgIpc) is 3.40. The van der Waals surface area contributed by atoms with Crippen LogP contribution in [0.15, 0.2) is 40.5 Å². The van der Waals surface area contributed by atoms with Crippen LogP contribution in [0, 0.1) is 6.92 Å². The van der Waals surface area contributed by atoms with Crippen molar-refractivity contribution in [2.75, 3.05) is 32.1 Å². The number of carbonyl (C=O) groups excluding carboxylic acids is 1. The summed E-state index contributed by atoms with van der Waals surface area (Å²) in [5, 5.41) is 18.7. The van der Waals surface area contributed by atoms with Crippen LogP contribution in [0.25, 0.3) is 16.6 Å². The number of aliphatic hydroxyl groups is 1. The first-order valence-electron chi connectivity index (χ1n) is 13.6. The molecule has 1 fully saturated rings. The molecule has 5 rings (SSSR count). The third-order valence-corrected chi connectivity index (χ3v) is 7.93. The van der Waals surface area contributed by atoms with Gasteiger partial charge in [0.2, 0.25) is 5.91 Å². The lowest BCUT2D eigenvalue weighted by atomic mass is 9.93. The van der Waals surface area contributed by atoms with Crippen LogP contribution in [0.3, 0.4) is 0 Å². The molecule has 0 bridgehead atoms. The molecule has 3 aromatic heterocycles. The van der Waals surface area contributed by atoms with Gasteiger partial charge in [0.15, 0.2) is 5.84 Å². The van der Waals surface area contributed by atoms with E-state index in [4.69, 9.17) is 28.2 Å². The number of aryl methyl sites for hydroxylation is 2. The molecule has 42 heavy (non-hydrogen) atoms. The Morgan fingerprint density at radius 1 is 1.31 bits per heavy atom. The molecule has 0 spiro atoms. The number of hydrazine groups is 1. The Bertz CT molecular complexity index is 1750. The highest BCUT2D eigenvalue weighted by Gasteiger charge is 2.28. The molecule has 1 aromatic carbocycles. The van der Waals surface area contributed by atoms with Crippen molar-refractivity contribution in [2.45, 2.75) is 38.6 Å². The maximum Gasteiger partial charge on any atom is 0.261 e. The number of nitrogens with two attached hydrogens (primary N) is 2. The zero-order valence-electron chi connectivity index (χ0n) is 24.0. The van der Waals surface area contributed by atoms with Gasteiger partial charge in [-0.1, -0.05) is 17.7 Å². The molecule has 0 radical (unpaired) electrons. The SMILES string of the molecule is Cc1cc(C(C)Nc2ccc(Cl)nc2/C(N)=N/N(C)N)c2c(c1)c(=O)n(C)c1c(C3CCN(C(=O)CO)CC3)ncn21. The summed E-state index contributed by atoms with van der Waals surface area (Å²) in [6.07, 6.45) is 3.15. The minimum atomic E-state index is -0.496. The number of nitrogens with one attached hydrogen (secondary N) is 1. The second-order valence-corrected chi connectivity index (χ2v) is 11.1. The number of anilines is 1. The van der Waals surface area contributed by atoms with E-state index >= 15 is 0 Å². The van der Waals surface area contributed by atoms with Crippen LogP contribution < -0.4 is 22.5 Å². The summed E-state index contributed by atoms with van der Waals surface area (Å²) in [5.74, 6) is 5.55. The number of fused-ring (bicyclic) bond motifs is 3. The average molecular weight is 595 g/mol. The van der Waals surface area contributed by atoms with Gasteiger partial charge in [-0.3, -0.25) is 18.6 Å². The summed E-state index contributed by atoms with van der Waals surface area (Å²) >= 11 is 6.17. The number of halogens is 1. The fourth-order valence-electron chi connectivity index (χ4n) is 5.76. The van der Waals surface area contributed by atoms with Gasteiger partial charge in [-0.2, -0.15) is 0 Å². The summed E-state index contributed by atoms with van der Waals surface area (Å²) in [5.41, 5.74) is 11.1. The predicted octanol–water partition coefficient (Wildman–Crippen LogP) is 1.84. The molecule has 1 amide bonds. The molecule has 222 valence electrons. The van der Waals surface area contributed by atoms with Crippen molar-refractivity contribution in [3.63, 3.8) is 0 Å². The standard InChI is InChI=1S/C28H35ClN10O3/c1-15-11-18(16(2)33-20-5-6-21(29)34-24(20)26(30)35-37(4)31)25-19(12-15)28(42)36(3)27-23(32-14-39(25)27)17-7-9-38(10-8-17)22(41)13-40/h5-6,11-12,14,16-17,33,40H,7-10,13,31H2,1-4H3,(H2,30,35). The molecule has 0 aliphatic carbocycles. The van der Waals surface area contributed by atoms with Crippen LogP contribution in [-0.2, 0) is 11.8 Å². The number of aliphatic hydroxyl groups excluding tert-OH is 1. The molecule has 4 heterocycles. The number of hydrogen-bond acceptors (Lipinski definition) is 9. The van der Waals surface area contributed by atoms with Gasteiger partial charge in [0.05, 0.1) is 28.3 Å². The Balaban J connectivity index is 1.60. The quantitative estimate of drug-likeness (QED) is 0.0818. The van der Waals surface area contributed by atoms with Crippen molar-refractivity contribution in [2.24, 2.45) is 23.7 Å². The van der Waals surface area contributed by atoms with E-state index in [1.54, 1.807) is 42.0 Å². The molecular weight excluding hydrogens is 560 g/mol. The number of likely N-dealkylation sites (tertiary alicyclic amines) is 1. The second-order valence-electron chi connectivity index (χ2n) is 10.7. The van der Waals surface area contributed by atoms with E-state index in [9.17, 15) is 14.7 Å². The van der Waals surface area contributed by atoms with Crippen LogP contribution in [0.5, 0.6) is 0 Å². The van der Waals surface area contributed by atoms with Crippen LogP contribution in [-0.4, -0.2) is 72.5 Å². The number of carbonyl (C=O) groups is 1. The first-order chi connectivity index (χ1) is 20.0. The third kappa shape index (κ3) is 5.38. The zero-order chi connectivity index (χ0) is 30.3. The molecule has 1 unspecified atom stereocenters. The van der Waals surface area contributed by atoms with Crippen molar-refractivity contribution in [1.82, 2.24) is 29.0 Å². The van der Waals surface area contributed by atoms with Crippen molar-refractivity contribution < 1.29 is 9.90 Å². The number of nitrogens with zero attached hydrogens (tertiary/aromatic N) is 7. The van der Waals surface area contributed by atoms with Crippen LogP contribution in [0.1, 0.15) is 54.2 Å². The topological polar surface area (TPSA) is 172 Å². The summed E-state index contributed by atoms with van der Waals surface area (Å²) in [6.45, 7) is 4.50. The van der Waals surface area contributed by atoms with E-state index in [1.165, 1.54) is 0 Å². The molecule has 1 aliphatic rings. The number of rotatable bonds is 7. The Hall–Kier alpha value is -4.20. The first kappa shape index (κ1) is 29.3. The maximum atomic E-state index is 13.8. The van der Waals surface area contributed by atoms with E-state index in [-0.39, 0.29) is 34.4 Å². The number of pyridine rings is 1. The monoisotopic (exact) mass is 594 g/mol. The van der Waals surface area contributed by atoms with Gasteiger partial charge in [0.25, 0.3) is 5.56 Å². The van der Waals surface area contributed by atoms with Gasteiger partial charge in [-0.25, -0.2) is 20.9 Å². The second kappa shape index (κ2) is 11.6. The van der Waals surface area contributed by atoms with Crippen LogP contribution in [0.2, 0.25) is 5.15 Å². The number of aromatic nitrogens is 4. The van der Waals surface area contributed by atoms with Gasteiger partial charge in [0, 0.05) is 33.1 Å². The normalized spacial score (nSPS) is 15.4. The summed E-state index contributed by atoms with van der Waals surface area (Å²) in [4.78, 5) is 36.6. The number of benzene rings is 1. The molecule has 6 N–H and O–H groups in total. The first-order valence-corrected chi connectivity index (χ1v) is 14.0. The lowest BCUT2D eigenvalue weighted by Gasteiger charge is -2.31. The predicted molar refractivity (Wildman–Crippen MR) is 162 cm³/mol. The number of imidazole rings is 1. The molecule has 1 saturated heterocycles. The minimum Gasteiger partial charge on any atom is -0.387 e. The Morgan fingerprint density at radius 2 is 2.02 bits per heavy atom. The highest BCUT2D eigenvalue weighted by atomic mass is 35.5. The minimum absolute atomic E-state index is 0.0656. The summed E-state index contributed by atoms with van der Waals surface area (Å²) < 4.78 is 3.63. The van der Waals surface area contributed by atoms with E-state index in [2.05, 4.69) is 15.4 Å². The van der Waals surface area contributed by atoms with Gasteiger partial charge in [0.1, 0.15) is 29.4 Å². The Kier molecular flexibility index (Phi) is 8.08. The van der Waals surface area contributed by atoms with Crippen molar-refractivity contribution in [3.05, 3.63) is 68.6 Å². The molecule has 0 saturated carbocycles. The number of amides is 1. The van der Waals surface area contributed by atoms with Gasteiger partial charge in [-0.15, -0.1) is 5.10 Å². The summed E-state index contributed by atoms with van der Waals surface area (Å²) in [7, 11) is 3.31. The van der Waals surface area contributed by atoms with Gasteiger partial charge >= 0.3 is 0 Å². The van der Waals surface area contributed by atoms with Gasteiger partial charge in [-0.05, 0) is 56.0 Å². The number of piperidine rings is 1. The number of amidine groups is 1. The maximum absolute atomic E-state index is 13.8. The smallest absolute Gasteiger partial charge is 0.261 e. The van der Waals surface area contributed by atoms with Crippen molar-refractivity contribution in [3.8, 4) is 0 Å². The molecule has 1 atom stereocenters. The highest BCUT2D eigenvalue weighted by Crippen LogP contribution is 2.33. The van der Waals surface area contributed by atoms with Crippen LogP contribution >= 0.6 is 11.6 Å². The molecule has 4 aromatic rings. The fraction of sp³-hybridized carbons (Fsp3) is 0.393. The van der Waals surface area contributed by atoms with Crippen molar-refractivity contribution >= 4 is 45.6 Å². The van der Waals surface area contributed by atoms with Crippen LogP contribution in [0.4, 0.5) is 5.69 Å². The Labute approximate surface area is 247 Å². The highest BCUT2D eigenvalue weighted by molar-refractivity contribution is 6.29. The van der Waals surface area contributed by atoms with Crippen molar-refractivity contribution in [1.29, 1.82) is 0 Å². The van der Waals surface area contributed by atoms with E-state index in [0.29, 0.717) is 48.3 Å². The fourth-order valence-corrected chi connectivity index (χ4v) is 5.91. The number of hydrogen-bond donors (Lipinski definition) is 4. The molecular formula is C28H35ClN10O3. The largest absolute Gasteiger partial charge is 0.387 e. The summed E-state index contributed by atoms with van der Waals surface area (Å²) in [6, 6.07) is 7.07.